The molecule has 2 heterocycles. The topological polar surface area (TPSA) is 76.6 Å². The van der Waals surface area contributed by atoms with Crippen LogP contribution in [0.1, 0.15) is 11.3 Å². The van der Waals surface area contributed by atoms with Crippen molar-refractivity contribution in [2.24, 2.45) is 0 Å². The lowest BCUT2D eigenvalue weighted by molar-refractivity contribution is -0.384. The van der Waals surface area contributed by atoms with Gasteiger partial charge in [-0.1, -0.05) is 30.0 Å². The number of carbonyl (C=O) groups is 1. The molecule has 0 bridgehead atoms. The summed E-state index contributed by atoms with van der Waals surface area (Å²) in [5.74, 6) is 0.190. The first-order valence-electron chi connectivity index (χ1n) is 8.93. The Hall–Kier alpha value is -3.44. The zero-order chi connectivity index (χ0) is 23.0. The summed E-state index contributed by atoms with van der Waals surface area (Å²) in [5.41, 5.74) is -0.311. The Balaban J connectivity index is 1.58. The maximum atomic E-state index is 13.0. The van der Waals surface area contributed by atoms with Gasteiger partial charge in [-0.25, -0.2) is 0 Å². The molecule has 1 aromatic heterocycles. The molecule has 4 rings (SSSR count). The molecule has 0 radical (unpaired) electrons. The first-order valence-corrected chi connectivity index (χ1v) is 10.2. The van der Waals surface area contributed by atoms with E-state index in [9.17, 15) is 28.1 Å². The third kappa shape index (κ3) is 4.30. The van der Waals surface area contributed by atoms with E-state index in [1.165, 1.54) is 42.5 Å². The number of non-ortho nitro benzene ring substituents is 1. The van der Waals surface area contributed by atoms with Crippen molar-refractivity contribution in [3.63, 3.8) is 0 Å². The summed E-state index contributed by atoms with van der Waals surface area (Å²) in [6.07, 6.45) is -3.10. The fourth-order valence-corrected chi connectivity index (χ4v) is 4.25. The number of carbonyl (C=O) groups excluding carboxylic acids is 1. The lowest BCUT2D eigenvalue weighted by Gasteiger charge is -2.16. The van der Waals surface area contributed by atoms with Crippen LogP contribution in [0.5, 0.6) is 0 Å². The van der Waals surface area contributed by atoms with Crippen molar-refractivity contribution < 1.29 is 27.3 Å². The monoisotopic (exact) mass is 476 g/mol. The zero-order valence-electron chi connectivity index (χ0n) is 15.8. The third-order valence-corrected chi connectivity index (χ3v) is 5.79. The molecule has 0 spiro atoms. The molecule has 0 saturated carbocycles. The van der Waals surface area contributed by atoms with E-state index in [1.54, 1.807) is 12.1 Å². The van der Waals surface area contributed by atoms with E-state index in [2.05, 4.69) is 0 Å². The summed E-state index contributed by atoms with van der Waals surface area (Å²) >= 11 is 6.15. The van der Waals surface area contributed by atoms with Gasteiger partial charge in [-0.3, -0.25) is 19.8 Å². The van der Waals surface area contributed by atoms with E-state index in [4.69, 9.17) is 16.6 Å². The number of anilines is 1. The van der Waals surface area contributed by atoms with Crippen LogP contribution in [0.2, 0.25) is 0 Å². The molecule has 1 fully saturated rings. The second-order valence-electron chi connectivity index (χ2n) is 6.57. The van der Waals surface area contributed by atoms with Crippen LogP contribution in [0, 0.1) is 10.1 Å². The van der Waals surface area contributed by atoms with Crippen LogP contribution in [0.25, 0.3) is 17.4 Å². The second kappa shape index (κ2) is 8.24. The number of furan rings is 1. The first-order chi connectivity index (χ1) is 15.1. The number of rotatable bonds is 4. The molecule has 1 saturated heterocycles. The van der Waals surface area contributed by atoms with Crippen LogP contribution in [-0.4, -0.2) is 15.2 Å². The number of nitro groups is 1. The zero-order valence-corrected chi connectivity index (χ0v) is 17.5. The number of amides is 1. The highest BCUT2D eigenvalue weighted by Crippen LogP contribution is 2.39. The first kappa shape index (κ1) is 21.8. The standard InChI is InChI=1S/C21H11F3N2O4S2/c22-21(23,24)13-2-1-3-15(10-13)25-19(27)18(32-20(25)31)11-16-8-9-17(30-16)12-4-6-14(7-5-12)26(28)29/h1-11H/b18-11+. The Morgan fingerprint density at radius 1 is 1.09 bits per heavy atom. The van der Waals surface area contributed by atoms with Gasteiger partial charge in [0.05, 0.1) is 21.1 Å². The molecule has 162 valence electrons. The van der Waals surface area contributed by atoms with Crippen molar-refractivity contribution >= 4 is 51.7 Å². The van der Waals surface area contributed by atoms with Gasteiger partial charge in [-0.15, -0.1) is 0 Å². The van der Waals surface area contributed by atoms with E-state index in [-0.39, 0.29) is 20.6 Å². The molecule has 32 heavy (non-hydrogen) atoms. The largest absolute Gasteiger partial charge is 0.457 e. The van der Waals surface area contributed by atoms with Crippen molar-refractivity contribution in [2.45, 2.75) is 6.18 Å². The molecule has 0 unspecified atom stereocenters. The normalized spacial score (nSPS) is 15.6. The van der Waals surface area contributed by atoms with Gasteiger partial charge in [0.25, 0.3) is 11.6 Å². The van der Waals surface area contributed by atoms with E-state index in [0.29, 0.717) is 17.1 Å². The summed E-state index contributed by atoms with van der Waals surface area (Å²) in [7, 11) is 0. The van der Waals surface area contributed by atoms with Crippen LogP contribution in [0.3, 0.4) is 0 Å². The molecule has 6 nitrogen and oxygen atoms in total. The van der Waals surface area contributed by atoms with Crippen LogP contribution in [0.4, 0.5) is 24.5 Å². The molecule has 11 heteroatoms. The predicted octanol–water partition coefficient (Wildman–Crippen LogP) is 6.28. The third-order valence-electron chi connectivity index (χ3n) is 4.49. The molecular weight excluding hydrogens is 465 g/mol. The summed E-state index contributed by atoms with van der Waals surface area (Å²) in [4.78, 5) is 24.3. The van der Waals surface area contributed by atoms with Crippen molar-refractivity contribution in [3.05, 3.63) is 87.0 Å². The molecule has 3 aromatic rings. The lowest BCUT2D eigenvalue weighted by Crippen LogP contribution is -2.27. The number of thiocarbonyl (C=S) groups is 1. The van der Waals surface area contributed by atoms with Gasteiger partial charge < -0.3 is 4.42 Å². The number of hydrogen-bond donors (Lipinski definition) is 0. The van der Waals surface area contributed by atoms with Gasteiger partial charge in [0, 0.05) is 23.8 Å². The van der Waals surface area contributed by atoms with E-state index in [0.717, 1.165) is 28.8 Å². The molecule has 1 amide bonds. The predicted molar refractivity (Wildman–Crippen MR) is 118 cm³/mol. The highest BCUT2D eigenvalue weighted by Gasteiger charge is 2.36. The average molecular weight is 476 g/mol. The Kier molecular flexibility index (Phi) is 5.61. The number of benzene rings is 2. The van der Waals surface area contributed by atoms with Gasteiger partial charge >= 0.3 is 6.18 Å². The van der Waals surface area contributed by atoms with Gasteiger partial charge in [-0.2, -0.15) is 13.2 Å². The smallest absolute Gasteiger partial charge is 0.416 e. The second-order valence-corrected chi connectivity index (χ2v) is 8.25. The van der Waals surface area contributed by atoms with E-state index < -0.39 is 22.6 Å². The molecular formula is C21H11F3N2O4S2. The number of halogens is 3. The average Bonchev–Trinajstić information content (AvgIpc) is 3.32. The van der Waals surface area contributed by atoms with Gasteiger partial charge in [0.2, 0.25) is 0 Å². The summed E-state index contributed by atoms with van der Waals surface area (Å²) in [5, 5.41) is 10.8. The van der Waals surface area contributed by atoms with Gasteiger partial charge in [-0.05, 0) is 42.5 Å². The molecule has 1 aliphatic rings. The Bertz CT molecular complexity index is 1270. The highest BCUT2D eigenvalue weighted by molar-refractivity contribution is 8.27. The van der Waals surface area contributed by atoms with Crippen molar-refractivity contribution in [1.29, 1.82) is 0 Å². The van der Waals surface area contributed by atoms with Crippen LogP contribution in [0.15, 0.2) is 70.0 Å². The minimum atomic E-state index is -4.55. The number of nitro benzene ring substituents is 1. The van der Waals surface area contributed by atoms with E-state index >= 15 is 0 Å². The fourth-order valence-electron chi connectivity index (χ4n) is 2.97. The minimum Gasteiger partial charge on any atom is -0.457 e. The lowest BCUT2D eigenvalue weighted by atomic mass is 10.1. The SMILES string of the molecule is O=C1/C(=C\c2ccc(-c3ccc([N+](=O)[O-])cc3)o2)SC(=S)N1c1cccc(C(F)(F)F)c1. The number of nitrogens with zero attached hydrogens (tertiary/aromatic N) is 2. The quantitative estimate of drug-likeness (QED) is 0.191. The maximum Gasteiger partial charge on any atom is 0.416 e. The Labute approximate surface area is 188 Å². The number of alkyl halides is 3. The summed E-state index contributed by atoms with van der Waals surface area (Å²) in [6.45, 7) is 0. The fraction of sp³-hybridized carbons (Fsp3) is 0.0476. The molecule has 0 atom stereocenters. The van der Waals surface area contributed by atoms with Crippen LogP contribution in [-0.2, 0) is 11.0 Å². The minimum absolute atomic E-state index is 0.0248. The van der Waals surface area contributed by atoms with Crippen molar-refractivity contribution in [2.75, 3.05) is 4.90 Å². The molecule has 1 aliphatic heterocycles. The summed E-state index contributed by atoms with van der Waals surface area (Å²) < 4.78 is 44.9. The molecule has 0 aliphatic carbocycles. The number of thioether (sulfide) groups is 1. The Morgan fingerprint density at radius 2 is 1.81 bits per heavy atom. The molecule has 2 aromatic carbocycles. The Morgan fingerprint density at radius 3 is 2.47 bits per heavy atom. The van der Waals surface area contributed by atoms with Crippen LogP contribution < -0.4 is 4.90 Å². The number of hydrogen-bond acceptors (Lipinski definition) is 6. The van der Waals surface area contributed by atoms with Crippen molar-refractivity contribution in [3.8, 4) is 11.3 Å². The highest BCUT2D eigenvalue weighted by atomic mass is 32.2. The van der Waals surface area contributed by atoms with Gasteiger partial charge in [0.15, 0.2) is 4.32 Å². The maximum absolute atomic E-state index is 13.0. The molecule has 0 N–H and O–H groups in total. The van der Waals surface area contributed by atoms with Crippen LogP contribution >= 0.6 is 24.0 Å². The summed E-state index contributed by atoms with van der Waals surface area (Å²) in [6, 6.07) is 13.4. The van der Waals surface area contributed by atoms with Gasteiger partial charge in [0.1, 0.15) is 11.5 Å². The van der Waals surface area contributed by atoms with E-state index in [1.807, 2.05) is 0 Å². The van der Waals surface area contributed by atoms with Crippen molar-refractivity contribution in [1.82, 2.24) is 0 Å².